The summed E-state index contributed by atoms with van der Waals surface area (Å²) in [5, 5.41) is 5.96. The molecule has 5 rings (SSSR count). The molecule has 33 heavy (non-hydrogen) atoms. The largest absolute Gasteiger partial charge is 0.337 e. The van der Waals surface area contributed by atoms with Crippen LogP contribution in [0.5, 0.6) is 0 Å². The SMILES string of the molecule is O=C(Nc1cccnc1)N1CCc2nc(-c3ccncc3)nc(Nc3ccccc3F)c2C1. The van der Waals surface area contributed by atoms with Crippen molar-refractivity contribution >= 4 is 23.2 Å². The van der Waals surface area contributed by atoms with Gasteiger partial charge in [-0.25, -0.2) is 19.2 Å². The van der Waals surface area contributed by atoms with Crippen LogP contribution in [0.15, 0.2) is 73.3 Å². The third kappa shape index (κ3) is 4.47. The molecule has 9 heteroatoms. The second-order valence-electron chi connectivity index (χ2n) is 7.51. The van der Waals surface area contributed by atoms with Crippen molar-refractivity contribution in [3.63, 3.8) is 0 Å². The quantitative estimate of drug-likeness (QED) is 0.487. The van der Waals surface area contributed by atoms with E-state index in [0.717, 1.165) is 16.8 Å². The van der Waals surface area contributed by atoms with Gasteiger partial charge in [-0.3, -0.25) is 9.97 Å². The van der Waals surface area contributed by atoms with Gasteiger partial charge in [0, 0.05) is 42.7 Å². The van der Waals surface area contributed by atoms with E-state index in [-0.39, 0.29) is 12.6 Å². The highest BCUT2D eigenvalue weighted by Gasteiger charge is 2.26. The zero-order valence-corrected chi connectivity index (χ0v) is 17.6. The van der Waals surface area contributed by atoms with Crippen molar-refractivity contribution in [1.29, 1.82) is 0 Å². The number of para-hydroxylation sites is 1. The van der Waals surface area contributed by atoms with E-state index in [1.54, 1.807) is 60.0 Å². The maximum atomic E-state index is 14.4. The molecule has 3 aromatic heterocycles. The van der Waals surface area contributed by atoms with Crippen LogP contribution in [-0.4, -0.2) is 37.4 Å². The minimum Gasteiger partial charge on any atom is -0.337 e. The summed E-state index contributed by atoms with van der Waals surface area (Å²) in [6.07, 6.45) is 7.12. The molecule has 0 aliphatic carbocycles. The topological polar surface area (TPSA) is 95.9 Å². The van der Waals surface area contributed by atoms with Crippen molar-refractivity contribution in [1.82, 2.24) is 24.8 Å². The second kappa shape index (κ2) is 8.99. The van der Waals surface area contributed by atoms with Crippen LogP contribution in [0.2, 0.25) is 0 Å². The number of hydrogen-bond donors (Lipinski definition) is 2. The molecule has 8 nitrogen and oxygen atoms in total. The van der Waals surface area contributed by atoms with Gasteiger partial charge in [0.05, 0.1) is 29.8 Å². The highest BCUT2D eigenvalue weighted by Crippen LogP contribution is 2.30. The fourth-order valence-electron chi connectivity index (χ4n) is 3.65. The van der Waals surface area contributed by atoms with Gasteiger partial charge in [-0.1, -0.05) is 12.1 Å². The lowest BCUT2D eigenvalue weighted by Gasteiger charge is -2.30. The number of aromatic nitrogens is 4. The number of urea groups is 1. The molecule has 0 saturated heterocycles. The monoisotopic (exact) mass is 441 g/mol. The summed E-state index contributed by atoms with van der Waals surface area (Å²) in [6, 6.07) is 13.3. The van der Waals surface area contributed by atoms with Gasteiger partial charge < -0.3 is 15.5 Å². The van der Waals surface area contributed by atoms with Gasteiger partial charge in [-0.05, 0) is 36.4 Å². The number of nitrogens with one attached hydrogen (secondary N) is 2. The van der Waals surface area contributed by atoms with E-state index >= 15 is 0 Å². The number of rotatable bonds is 4. The molecule has 2 amide bonds. The molecule has 0 radical (unpaired) electrons. The Morgan fingerprint density at radius 2 is 1.82 bits per heavy atom. The zero-order valence-electron chi connectivity index (χ0n) is 17.6. The Morgan fingerprint density at radius 3 is 2.61 bits per heavy atom. The van der Waals surface area contributed by atoms with Gasteiger partial charge in [0.15, 0.2) is 5.82 Å². The third-order valence-electron chi connectivity index (χ3n) is 5.33. The normalized spacial score (nSPS) is 12.7. The number of hydrogen-bond acceptors (Lipinski definition) is 6. The first kappa shape index (κ1) is 20.5. The number of fused-ring (bicyclic) bond motifs is 1. The number of anilines is 3. The Bertz CT molecular complexity index is 1280. The minimum atomic E-state index is -0.391. The fourth-order valence-corrected chi connectivity index (χ4v) is 3.65. The molecule has 0 bridgehead atoms. The van der Waals surface area contributed by atoms with Gasteiger partial charge in [0.1, 0.15) is 11.6 Å². The minimum absolute atomic E-state index is 0.247. The highest BCUT2D eigenvalue weighted by atomic mass is 19.1. The third-order valence-corrected chi connectivity index (χ3v) is 5.33. The predicted octanol–water partition coefficient (Wildman–Crippen LogP) is 4.41. The molecular weight excluding hydrogens is 421 g/mol. The molecule has 1 aliphatic rings. The lowest BCUT2D eigenvalue weighted by atomic mass is 10.1. The van der Waals surface area contributed by atoms with Gasteiger partial charge in [-0.15, -0.1) is 0 Å². The lowest BCUT2D eigenvalue weighted by molar-refractivity contribution is 0.206. The van der Waals surface area contributed by atoms with Crippen LogP contribution in [0.4, 0.5) is 26.4 Å². The molecule has 2 N–H and O–H groups in total. The number of halogens is 1. The summed E-state index contributed by atoms with van der Waals surface area (Å²) in [7, 11) is 0. The molecular formula is C24H20FN7O. The summed E-state index contributed by atoms with van der Waals surface area (Å²) < 4.78 is 14.4. The summed E-state index contributed by atoms with van der Waals surface area (Å²) >= 11 is 0. The van der Waals surface area contributed by atoms with Gasteiger partial charge in [0.2, 0.25) is 0 Å². The van der Waals surface area contributed by atoms with E-state index in [0.29, 0.717) is 36.0 Å². The smallest absolute Gasteiger partial charge is 0.322 e. The van der Waals surface area contributed by atoms with Crippen molar-refractivity contribution in [3.8, 4) is 11.4 Å². The second-order valence-corrected chi connectivity index (χ2v) is 7.51. The lowest BCUT2D eigenvalue weighted by Crippen LogP contribution is -2.39. The van der Waals surface area contributed by atoms with Crippen LogP contribution in [0.3, 0.4) is 0 Å². The first-order valence-electron chi connectivity index (χ1n) is 10.4. The van der Waals surface area contributed by atoms with Crippen molar-refractivity contribution in [2.24, 2.45) is 0 Å². The van der Waals surface area contributed by atoms with Crippen LogP contribution < -0.4 is 10.6 Å². The average molecular weight is 441 g/mol. The Hall–Kier alpha value is -4.40. The predicted molar refractivity (Wildman–Crippen MR) is 122 cm³/mol. The Kier molecular flexibility index (Phi) is 5.59. The Balaban J connectivity index is 1.49. The van der Waals surface area contributed by atoms with Crippen molar-refractivity contribution in [2.75, 3.05) is 17.2 Å². The maximum Gasteiger partial charge on any atom is 0.322 e. The van der Waals surface area contributed by atoms with Crippen molar-refractivity contribution in [2.45, 2.75) is 13.0 Å². The molecule has 4 aromatic rings. The molecule has 0 atom stereocenters. The van der Waals surface area contributed by atoms with Gasteiger partial charge >= 0.3 is 6.03 Å². The molecule has 4 heterocycles. The van der Waals surface area contributed by atoms with Crippen LogP contribution in [0.1, 0.15) is 11.3 Å². The Morgan fingerprint density at radius 1 is 0.970 bits per heavy atom. The number of nitrogens with zero attached hydrogens (tertiary/aromatic N) is 5. The number of amides is 2. The number of pyridine rings is 2. The number of carbonyl (C=O) groups is 1. The standard InChI is InChI=1S/C24H20FN7O/c25-19-5-1-2-6-21(19)30-23-18-15-32(24(33)28-17-4-3-10-27-14-17)13-9-20(18)29-22(31-23)16-7-11-26-12-8-16/h1-8,10-12,14H,9,13,15H2,(H,28,33)(H,29,30,31). The van der Waals surface area contributed by atoms with E-state index in [2.05, 4.69) is 25.6 Å². The summed E-state index contributed by atoms with van der Waals surface area (Å²) in [5.74, 6) is 0.594. The van der Waals surface area contributed by atoms with Crippen LogP contribution >= 0.6 is 0 Å². The zero-order chi connectivity index (χ0) is 22.6. The first-order valence-corrected chi connectivity index (χ1v) is 10.4. The summed E-state index contributed by atoms with van der Waals surface area (Å²) in [4.78, 5) is 32.0. The van der Waals surface area contributed by atoms with E-state index in [1.807, 2.05) is 12.1 Å². The van der Waals surface area contributed by atoms with Gasteiger partial charge in [0.25, 0.3) is 0 Å². The number of benzene rings is 1. The van der Waals surface area contributed by atoms with Crippen LogP contribution in [-0.2, 0) is 13.0 Å². The summed E-state index contributed by atoms with van der Waals surface area (Å²) in [6.45, 7) is 0.778. The summed E-state index contributed by atoms with van der Waals surface area (Å²) in [5.41, 5.74) is 3.30. The molecule has 0 spiro atoms. The first-order chi connectivity index (χ1) is 16.2. The molecule has 1 aliphatic heterocycles. The average Bonchev–Trinajstić information content (AvgIpc) is 2.86. The molecule has 164 valence electrons. The fraction of sp³-hybridized carbons (Fsp3) is 0.125. The molecule has 0 unspecified atom stereocenters. The molecule has 1 aromatic carbocycles. The molecule has 0 fully saturated rings. The van der Waals surface area contributed by atoms with Crippen molar-refractivity contribution < 1.29 is 9.18 Å². The number of carbonyl (C=O) groups excluding carboxylic acids is 1. The van der Waals surface area contributed by atoms with E-state index in [1.165, 1.54) is 6.07 Å². The molecule has 0 saturated carbocycles. The van der Waals surface area contributed by atoms with Crippen molar-refractivity contribution in [3.05, 3.63) is 90.4 Å². The highest BCUT2D eigenvalue weighted by molar-refractivity contribution is 5.89. The van der Waals surface area contributed by atoms with E-state index in [9.17, 15) is 9.18 Å². The maximum absolute atomic E-state index is 14.4. The van der Waals surface area contributed by atoms with Crippen LogP contribution in [0.25, 0.3) is 11.4 Å². The van der Waals surface area contributed by atoms with E-state index in [4.69, 9.17) is 4.98 Å². The van der Waals surface area contributed by atoms with E-state index < -0.39 is 5.82 Å². The van der Waals surface area contributed by atoms with Gasteiger partial charge in [-0.2, -0.15) is 0 Å². The Labute approximate surface area is 189 Å². The van der Waals surface area contributed by atoms with Crippen LogP contribution in [0, 0.1) is 5.82 Å².